The van der Waals surface area contributed by atoms with E-state index in [0.717, 1.165) is 30.3 Å². The summed E-state index contributed by atoms with van der Waals surface area (Å²) < 4.78 is 87.1. The number of hydrogen-bond acceptors (Lipinski definition) is 4. The van der Waals surface area contributed by atoms with Crippen LogP contribution in [0.2, 0.25) is 0 Å². The molecule has 2 N–H and O–H groups in total. The standard InChI is InChI=1S/C19H16F6N2O3/c1-2-30-17(29)18(19(23,24)25,26-10-11-6-8-12(20)9-7-11)27-16(28)15-13(21)4-3-5-14(15)22/h3-9,26H,2,10H2,1H3,(H,27,28)/t18-/m0/s1. The Morgan fingerprint density at radius 2 is 1.53 bits per heavy atom. The number of ether oxygens (including phenoxy) is 1. The minimum absolute atomic E-state index is 0.126. The van der Waals surface area contributed by atoms with E-state index in [1.807, 2.05) is 5.32 Å². The third-order valence-electron chi connectivity index (χ3n) is 3.97. The van der Waals surface area contributed by atoms with Gasteiger partial charge in [-0.3, -0.25) is 10.1 Å². The van der Waals surface area contributed by atoms with Gasteiger partial charge in [-0.1, -0.05) is 18.2 Å². The Labute approximate surface area is 167 Å². The van der Waals surface area contributed by atoms with Crippen LogP contribution in [0.1, 0.15) is 22.8 Å². The van der Waals surface area contributed by atoms with E-state index >= 15 is 0 Å². The molecule has 2 aromatic rings. The van der Waals surface area contributed by atoms with Crippen molar-refractivity contribution in [1.82, 2.24) is 10.6 Å². The van der Waals surface area contributed by atoms with Gasteiger partial charge in [0.05, 0.1) is 6.61 Å². The Kier molecular flexibility index (Phi) is 7.08. The van der Waals surface area contributed by atoms with Gasteiger partial charge in [0.25, 0.3) is 11.6 Å². The zero-order chi connectivity index (χ0) is 22.5. The van der Waals surface area contributed by atoms with Crippen molar-refractivity contribution >= 4 is 11.9 Å². The molecule has 5 nitrogen and oxygen atoms in total. The summed E-state index contributed by atoms with van der Waals surface area (Å²) >= 11 is 0. The average Bonchev–Trinajstić information content (AvgIpc) is 2.65. The maximum absolute atomic E-state index is 14.0. The lowest BCUT2D eigenvalue weighted by Gasteiger charge is -2.35. The van der Waals surface area contributed by atoms with Gasteiger partial charge in [-0.25, -0.2) is 18.0 Å². The highest BCUT2D eigenvalue weighted by Crippen LogP contribution is 2.31. The first-order chi connectivity index (χ1) is 14.0. The molecule has 0 saturated carbocycles. The number of esters is 1. The lowest BCUT2D eigenvalue weighted by molar-refractivity contribution is -0.219. The highest BCUT2D eigenvalue weighted by Gasteiger charge is 2.63. The first-order valence-corrected chi connectivity index (χ1v) is 8.51. The van der Waals surface area contributed by atoms with Gasteiger partial charge >= 0.3 is 12.1 Å². The Bertz CT molecular complexity index is 897. The van der Waals surface area contributed by atoms with Crippen LogP contribution in [0.5, 0.6) is 0 Å². The van der Waals surface area contributed by atoms with Crippen molar-refractivity contribution < 1.29 is 40.7 Å². The van der Waals surface area contributed by atoms with Gasteiger partial charge in [0.15, 0.2) is 0 Å². The fraction of sp³-hybridized carbons (Fsp3) is 0.263. The molecule has 2 aromatic carbocycles. The van der Waals surface area contributed by atoms with E-state index in [-0.39, 0.29) is 5.56 Å². The van der Waals surface area contributed by atoms with Crippen molar-refractivity contribution in [2.24, 2.45) is 0 Å². The number of carbonyl (C=O) groups excluding carboxylic acids is 2. The van der Waals surface area contributed by atoms with Crippen LogP contribution in [0.15, 0.2) is 42.5 Å². The summed E-state index contributed by atoms with van der Waals surface area (Å²) in [6.07, 6.45) is -5.48. The number of amides is 1. The fourth-order valence-electron chi connectivity index (χ4n) is 2.48. The molecule has 0 aromatic heterocycles. The molecule has 0 aliphatic rings. The highest BCUT2D eigenvalue weighted by atomic mass is 19.4. The minimum atomic E-state index is -5.48. The molecule has 30 heavy (non-hydrogen) atoms. The summed E-state index contributed by atoms with van der Waals surface area (Å²) in [5.41, 5.74) is -5.01. The van der Waals surface area contributed by atoms with Crippen LogP contribution >= 0.6 is 0 Å². The maximum atomic E-state index is 14.0. The second-order valence-electron chi connectivity index (χ2n) is 6.00. The second kappa shape index (κ2) is 9.16. The number of hydrogen-bond donors (Lipinski definition) is 2. The third kappa shape index (κ3) is 4.90. The predicted octanol–water partition coefficient (Wildman–Crippen LogP) is 3.45. The Balaban J connectivity index is 2.46. The Morgan fingerprint density at radius 1 is 0.967 bits per heavy atom. The van der Waals surface area contributed by atoms with Crippen LogP contribution in [-0.4, -0.2) is 30.3 Å². The predicted molar refractivity (Wildman–Crippen MR) is 92.5 cm³/mol. The molecule has 162 valence electrons. The lowest BCUT2D eigenvalue weighted by atomic mass is 10.1. The zero-order valence-corrected chi connectivity index (χ0v) is 15.4. The highest BCUT2D eigenvalue weighted by molar-refractivity contribution is 5.98. The molecular formula is C19H16F6N2O3. The number of halogens is 6. The van der Waals surface area contributed by atoms with Crippen LogP contribution < -0.4 is 10.6 Å². The Hall–Kier alpha value is -3.08. The summed E-state index contributed by atoms with van der Waals surface area (Å²) in [5.74, 6) is -7.27. The van der Waals surface area contributed by atoms with Crippen LogP contribution in [0.4, 0.5) is 26.3 Å². The largest absolute Gasteiger partial charge is 0.463 e. The van der Waals surface area contributed by atoms with Crippen molar-refractivity contribution in [3.8, 4) is 0 Å². The molecule has 0 saturated heterocycles. The molecule has 1 atom stereocenters. The minimum Gasteiger partial charge on any atom is -0.463 e. The lowest BCUT2D eigenvalue weighted by Crippen LogP contribution is -2.72. The number of carbonyl (C=O) groups is 2. The zero-order valence-electron chi connectivity index (χ0n) is 15.4. The van der Waals surface area contributed by atoms with E-state index < -0.39 is 59.9 Å². The smallest absolute Gasteiger partial charge is 0.436 e. The molecule has 0 spiro atoms. The van der Waals surface area contributed by atoms with Crippen LogP contribution in [0, 0.1) is 17.5 Å². The van der Waals surface area contributed by atoms with Crippen molar-refractivity contribution in [2.75, 3.05) is 6.61 Å². The number of rotatable bonds is 7. The molecule has 0 aliphatic carbocycles. The van der Waals surface area contributed by atoms with E-state index in [1.54, 1.807) is 0 Å². The monoisotopic (exact) mass is 434 g/mol. The molecule has 0 fully saturated rings. The molecule has 0 radical (unpaired) electrons. The van der Waals surface area contributed by atoms with Gasteiger partial charge in [0.2, 0.25) is 0 Å². The molecule has 0 bridgehead atoms. The van der Waals surface area contributed by atoms with E-state index in [0.29, 0.717) is 12.1 Å². The maximum Gasteiger partial charge on any atom is 0.436 e. The van der Waals surface area contributed by atoms with Gasteiger partial charge in [-0.2, -0.15) is 13.2 Å². The van der Waals surface area contributed by atoms with Crippen molar-refractivity contribution in [2.45, 2.75) is 25.3 Å². The summed E-state index contributed by atoms with van der Waals surface area (Å²) in [6, 6.07) is 6.50. The van der Waals surface area contributed by atoms with Gasteiger partial charge in [-0.15, -0.1) is 0 Å². The van der Waals surface area contributed by atoms with Crippen LogP contribution in [0.3, 0.4) is 0 Å². The van der Waals surface area contributed by atoms with Crippen molar-refractivity contribution in [1.29, 1.82) is 0 Å². The Morgan fingerprint density at radius 3 is 2.03 bits per heavy atom. The summed E-state index contributed by atoms with van der Waals surface area (Å²) in [4.78, 5) is 24.6. The second-order valence-corrected chi connectivity index (χ2v) is 6.00. The quantitative estimate of drug-likeness (QED) is 0.398. The van der Waals surface area contributed by atoms with Crippen molar-refractivity contribution in [3.05, 3.63) is 71.0 Å². The normalized spacial score (nSPS) is 13.4. The van der Waals surface area contributed by atoms with Crippen LogP contribution in [0.25, 0.3) is 0 Å². The van der Waals surface area contributed by atoms with E-state index in [2.05, 4.69) is 4.74 Å². The summed E-state index contributed by atoms with van der Waals surface area (Å²) in [7, 11) is 0. The van der Waals surface area contributed by atoms with Crippen molar-refractivity contribution in [3.63, 3.8) is 0 Å². The topological polar surface area (TPSA) is 67.4 Å². The number of benzene rings is 2. The van der Waals surface area contributed by atoms with Gasteiger partial charge < -0.3 is 10.1 Å². The molecule has 0 aliphatic heterocycles. The van der Waals surface area contributed by atoms with Crippen LogP contribution in [-0.2, 0) is 16.1 Å². The summed E-state index contributed by atoms with van der Waals surface area (Å²) in [5, 5.41) is 3.17. The first kappa shape index (κ1) is 23.2. The fourth-order valence-corrected chi connectivity index (χ4v) is 2.48. The third-order valence-corrected chi connectivity index (χ3v) is 3.97. The molecule has 0 unspecified atom stereocenters. The van der Waals surface area contributed by atoms with Gasteiger partial charge in [0, 0.05) is 6.54 Å². The summed E-state index contributed by atoms with van der Waals surface area (Å²) in [6.45, 7) is 0.0921. The molecule has 11 heteroatoms. The van der Waals surface area contributed by atoms with Gasteiger partial charge in [0.1, 0.15) is 23.0 Å². The SMILES string of the molecule is CCOC(=O)[C@](NCc1ccc(F)cc1)(NC(=O)c1c(F)cccc1F)C(F)(F)F. The molecule has 2 rings (SSSR count). The molecule has 0 heterocycles. The van der Waals surface area contributed by atoms with E-state index in [9.17, 15) is 35.9 Å². The molecular weight excluding hydrogens is 418 g/mol. The average molecular weight is 434 g/mol. The van der Waals surface area contributed by atoms with Gasteiger partial charge in [-0.05, 0) is 36.8 Å². The number of alkyl halides is 3. The number of nitrogens with one attached hydrogen (secondary N) is 2. The van der Waals surface area contributed by atoms with E-state index in [1.165, 1.54) is 12.2 Å². The molecule has 1 amide bonds. The first-order valence-electron chi connectivity index (χ1n) is 8.51. The van der Waals surface area contributed by atoms with E-state index in [4.69, 9.17) is 0 Å².